The Labute approximate surface area is 50.1 Å². The lowest BCUT2D eigenvalue weighted by molar-refractivity contribution is 0.295. The average molecular weight is 112 g/mol. The third-order valence-corrected chi connectivity index (χ3v) is 1.26. The first kappa shape index (κ1) is 5.63. The molecule has 1 heterocycles. The zero-order valence-corrected chi connectivity index (χ0v) is 5.39. The van der Waals surface area contributed by atoms with Crippen LogP contribution in [0.1, 0.15) is 13.8 Å². The fourth-order valence-corrected chi connectivity index (χ4v) is 0.777. The number of nitrogens with zero attached hydrogens (tertiary/aromatic N) is 1. The van der Waals surface area contributed by atoms with Gasteiger partial charge in [0.05, 0.1) is 0 Å². The van der Waals surface area contributed by atoms with E-state index < -0.39 is 0 Å². The summed E-state index contributed by atoms with van der Waals surface area (Å²) in [5.41, 5.74) is 3.23. The Morgan fingerprint density at radius 2 is 2.50 bits per heavy atom. The van der Waals surface area contributed by atoms with Crippen LogP contribution in [0.5, 0.6) is 0 Å². The van der Waals surface area contributed by atoms with Crippen LogP contribution >= 0.6 is 0 Å². The van der Waals surface area contributed by atoms with Crippen molar-refractivity contribution in [2.75, 3.05) is 6.54 Å². The van der Waals surface area contributed by atoms with Gasteiger partial charge in [-0.15, -0.1) is 0 Å². The van der Waals surface area contributed by atoms with E-state index in [2.05, 4.69) is 36.6 Å². The minimum atomic E-state index is 0.523. The molecule has 0 saturated carbocycles. The Bertz CT molecular complexity index is 98.7. The number of nitrogens with one attached hydrogen (secondary N) is 1. The van der Waals surface area contributed by atoms with Crippen LogP contribution in [0.15, 0.2) is 12.3 Å². The summed E-state index contributed by atoms with van der Waals surface area (Å²) in [6.07, 6.45) is 4.22. The van der Waals surface area contributed by atoms with E-state index in [4.69, 9.17) is 0 Å². The van der Waals surface area contributed by atoms with Crippen LogP contribution in [0.2, 0.25) is 0 Å². The molecule has 1 N–H and O–H groups in total. The van der Waals surface area contributed by atoms with Gasteiger partial charge in [-0.2, -0.15) is 0 Å². The lowest BCUT2D eigenvalue weighted by Gasteiger charge is -2.14. The normalized spacial score (nSPS) is 27.2. The molecular weight excluding hydrogens is 100 g/mol. The minimum Gasteiger partial charge on any atom is -0.316 e. The summed E-state index contributed by atoms with van der Waals surface area (Å²) >= 11 is 0. The van der Waals surface area contributed by atoms with Crippen molar-refractivity contribution in [2.24, 2.45) is 0 Å². The molecule has 0 amide bonds. The van der Waals surface area contributed by atoms with E-state index in [9.17, 15) is 0 Å². The van der Waals surface area contributed by atoms with Gasteiger partial charge in [-0.3, -0.25) is 0 Å². The van der Waals surface area contributed by atoms with Crippen molar-refractivity contribution in [1.29, 1.82) is 0 Å². The Morgan fingerprint density at radius 1 is 1.75 bits per heavy atom. The van der Waals surface area contributed by atoms with Gasteiger partial charge in [-0.05, 0) is 19.9 Å². The Hall–Kier alpha value is -0.500. The molecule has 1 atom stereocenters. The minimum absolute atomic E-state index is 0.523. The highest BCUT2D eigenvalue weighted by atomic mass is 15.5. The summed E-state index contributed by atoms with van der Waals surface area (Å²) in [7, 11) is 0. The molecule has 0 aromatic rings. The Morgan fingerprint density at radius 3 is 2.75 bits per heavy atom. The van der Waals surface area contributed by atoms with Gasteiger partial charge in [0.25, 0.3) is 0 Å². The van der Waals surface area contributed by atoms with Gasteiger partial charge >= 0.3 is 0 Å². The smallest absolute Gasteiger partial charge is 0.0431 e. The van der Waals surface area contributed by atoms with Crippen LogP contribution in [0.25, 0.3) is 0 Å². The molecule has 46 valence electrons. The highest BCUT2D eigenvalue weighted by molar-refractivity contribution is 4.95. The van der Waals surface area contributed by atoms with Gasteiger partial charge in [0.15, 0.2) is 0 Å². The monoisotopic (exact) mass is 112 g/mol. The van der Waals surface area contributed by atoms with E-state index in [0.29, 0.717) is 6.04 Å². The first-order chi connectivity index (χ1) is 3.83. The van der Waals surface area contributed by atoms with Gasteiger partial charge in [0.2, 0.25) is 0 Å². The van der Waals surface area contributed by atoms with E-state index >= 15 is 0 Å². The molecule has 0 spiro atoms. The predicted octanol–water partition coefficient (Wildman–Crippen LogP) is 0.729. The molecular formula is C6H12N2. The molecule has 0 saturated heterocycles. The molecule has 1 rings (SSSR count). The van der Waals surface area contributed by atoms with Gasteiger partial charge < -0.3 is 5.01 Å². The molecule has 1 aliphatic rings. The van der Waals surface area contributed by atoms with Gasteiger partial charge in [0.1, 0.15) is 0 Å². The van der Waals surface area contributed by atoms with Crippen molar-refractivity contribution in [1.82, 2.24) is 10.4 Å². The molecule has 2 nitrogen and oxygen atoms in total. The molecule has 2 heteroatoms. The Balaban J connectivity index is 2.34. The van der Waals surface area contributed by atoms with Gasteiger partial charge in [-0.1, -0.05) is 0 Å². The standard InChI is InChI=1S/C6H12N2/c1-3-8-5-4-6(2)7-8/h4-7H,3H2,1-2H3. The van der Waals surface area contributed by atoms with E-state index in [1.165, 1.54) is 0 Å². The second-order valence-electron chi connectivity index (χ2n) is 2.05. The lowest BCUT2D eigenvalue weighted by Crippen LogP contribution is -2.33. The summed E-state index contributed by atoms with van der Waals surface area (Å²) in [5, 5.41) is 2.07. The first-order valence-electron chi connectivity index (χ1n) is 3.04. The SMILES string of the molecule is CCN1C=CC(C)N1. The molecule has 0 aromatic carbocycles. The number of rotatable bonds is 1. The molecule has 0 aliphatic carbocycles. The van der Waals surface area contributed by atoms with E-state index in [1.807, 2.05) is 0 Å². The van der Waals surface area contributed by atoms with Crippen molar-refractivity contribution in [3.8, 4) is 0 Å². The zero-order chi connectivity index (χ0) is 5.98. The number of hydrazine groups is 1. The number of hydrogen-bond donors (Lipinski definition) is 1. The number of hydrogen-bond acceptors (Lipinski definition) is 2. The summed E-state index contributed by atoms with van der Waals surface area (Å²) in [5.74, 6) is 0. The maximum Gasteiger partial charge on any atom is 0.0431 e. The van der Waals surface area contributed by atoms with Gasteiger partial charge in [-0.25, -0.2) is 5.43 Å². The molecule has 1 aliphatic heterocycles. The summed E-state index contributed by atoms with van der Waals surface area (Å²) in [6, 6.07) is 0.523. The van der Waals surface area contributed by atoms with E-state index in [0.717, 1.165) is 6.54 Å². The summed E-state index contributed by atoms with van der Waals surface area (Å²) < 4.78 is 0. The summed E-state index contributed by atoms with van der Waals surface area (Å²) in [6.45, 7) is 5.29. The van der Waals surface area contributed by atoms with Crippen molar-refractivity contribution in [3.05, 3.63) is 12.3 Å². The van der Waals surface area contributed by atoms with Gasteiger partial charge in [0, 0.05) is 18.8 Å². The zero-order valence-electron chi connectivity index (χ0n) is 5.39. The van der Waals surface area contributed by atoms with Crippen LogP contribution in [-0.2, 0) is 0 Å². The fraction of sp³-hybridized carbons (Fsp3) is 0.667. The third kappa shape index (κ3) is 1.01. The quantitative estimate of drug-likeness (QED) is 0.538. The van der Waals surface area contributed by atoms with Crippen LogP contribution in [-0.4, -0.2) is 17.6 Å². The fourth-order valence-electron chi connectivity index (χ4n) is 0.777. The predicted molar refractivity (Wildman–Crippen MR) is 34.1 cm³/mol. The molecule has 0 aromatic heterocycles. The highest BCUT2D eigenvalue weighted by Crippen LogP contribution is 1.97. The molecule has 0 radical (unpaired) electrons. The first-order valence-corrected chi connectivity index (χ1v) is 3.04. The van der Waals surface area contributed by atoms with Crippen molar-refractivity contribution in [3.63, 3.8) is 0 Å². The Kier molecular flexibility index (Phi) is 1.53. The maximum atomic E-state index is 3.23. The maximum absolute atomic E-state index is 3.23. The third-order valence-electron chi connectivity index (χ3n) is 1.26. The van der Waals surface area contributed by atoms with Crippen molar-refractivity contribution < 1.29 is 0 Å². The van der Waals surface area contributed by atoms with E-state index in [-0.39, 0.29) is 0 Å². The van der Waals surface area contributed by atoms with Crippen LogP contribution in [0, 0.1) is 0 Å². The lowest BCUT2D eigenvalue weighted by atomic mass is 10.4. The largest absolute Gasteiger partial charge is 0.316 e. The molecule has 1 unspecified atom stereocenters. The average Bonchev–Trinajstić information content (AvgIpc) is 2.14. The van der Waals surface area contributed by atoms with Crippen LogP contribution < -0.4 is 5.43 Å². The molecule has 0 fully saturated rings. The second-order valence-corrected chi connectivity index (χ2v) is 2.05. The topological polar surface area (TPSA) is 15.3 Å². The second kappa shape index (κ2) is 2.18. The van der Waals surface area contributed by atoms with Crippen molar-refractivity contribution >= 4 is 0 Å². The van der Waals surface area contributed by atoms with E-state index in [1.54, 1.807) is 0 Å². The van der Waals surface area contributed by atoms with Crippen LogP contribution in [0.3, 0.4) is 0 Å². The van der Waals surface area contributed by atoms with Crippen molar-refractivity contribution in [2.45, 2.75) is 19.9 Å². The van der Waals surface area contributed by atoms with Crippen LogP contribution in [0.4, 0.5) is 0 Å². The molecule has 8 heavy (non-hydrogen) atoms. The molecule has 0 bridgehead atoms. The highest BCUT2D eigenvalue weighted by Gasteiger charge is 2.05. The summed E-state index contributed by atoms with van der Waals surface area (Å²) in [4.78, 5) is 0.